The summed E-state index contributed by atoms with van der Waals surface area (Å²) in [5.74, 6) is -3.21. The highest BCUT2D eigenvalue weighted by molar-refractivity contribution is 5.85. The second-order valence-corrected chi connectivity index (χ2v) is 5.73. The van der Waals surface area contributed by atoms with Gasteiger partial charge in [0.2, 0.25) is 0 Å². The van der Waals surface area contributed by atoms with Gasteiger partial charge in [0.05, 0.1) is 0 Å². The molecular weight excluding hydrogens is 336 g/mol. The highest BCUT2D eigenvalue weighted by Crippen LogP contribution is 2.30. The molecular formula is C15H23Cl2F3N2. The van der Waals surface area contributed by atoms with E-state index in [2.05, 4.69) is 24.1 Å². The lowest BCUT2D eigenvalue weighted by Crippen LogP contribution is -2.45. The van der Waals surface area contributed by atoms with Crippen LogP contribution in [0.25, 0.3) is 0 Å². The van der Waals surface area contributed by atoms with Gasteiger partial charge in [-0.05, 0) is 30.0 Å². The quantitative estimate of drug-likeness (QED) is 0.820. The first kappa shape index (κ1) is 21.5. The van der Waals surface area contributed by atoms with Gasteiger partial charge in [-0.2, -0.15) is 0 Å². The molecule has 1 aromatic carbocycles. The van der Waals surface area contributed by atoms with Gasteiger partial charge in [0.15, 0.2) is 17.5 Å². The van der Waals surface area contributed by atoms with E-state index in [0.29, 0.717) is 11.5 Å². The fourth-order valence-corrected chi connectivity index (χ4v) is 2.70. The first-order chi connectivity index (χ1) is 9.49. The molecule has 1 fully saturated rings. The molecule has 1 heterocycles. The van der Waals surface area contributed by atoms with Gasteiger partial charge in [0, 0.05) is 32.2 Å². The molecule has 0 saturated carbocycles. The molecule has 1 aliphatic heterocycles. The van der Waals surface area contributed by atoms with Crippen molar-refractivity contribution in [3.05, 3.63) is 35.1 Å². The zero-order valence-electron chi connectivity index (χ0n) is 12.7. The number of nitrogens with zero attached hydrogens (tertiary/aromatic N) is 1. The summed E-state index contributed by atoms with van der Waals surface area (Å²) in [6, 6.07) is 2.20. The van der Waals surface area contributed by atoms with Gasteiger partial charge in [-0.15, -0.1) is 24.8 Å². The molecule has 1 N–H and O–H groups in total. The third-order valence-corrected chi connectivity index (χ3v) is 3.68. The highest BCUT2D eigenvalue weighted by atomic mass is 35.5. The molecule has 1 saturated heterocycles. The normalized spacial score (nSPS) is 16.8. The Hall–Kier alpha value is -0.490. The first-order valence-electron chi connectivity index (χ1n) is 7.08. The highest BCUT2D eigenvalue weighted by Gasteiger charge is 2.25. The molecule has 0 amide bonds. The molecule has 1 atom stereocenters. The Kier molecular flexibility index (Phi) is 9.39. The standard InChI is InChI=1S/C15H21F3N2.2ClH/c1-10(2)7-14(20-5-3-19-4-6-20)11-8-12(16)15(18)13(17)9-11;;/h8-10,14,19H,3-7H2,1-2H3;2*1H/t14-;;/m0../s1. The fraction of sp³-hybridized carbons (Fsp3) is 0.600. The molecule has 0 aromatic heterocycles. The Morgan fingerprint density at radius 3 is 2.00 bits per heavy atom. The van der Waals surface area contributed by atoms with Crippen molar-refractivity contribution in [3.8, 4) is 0 Å². The van der Waals surface area contributed by atoms with E-state index >= 15 is 0 Å². The van der Waals surface area contributed by atoms with E-state index in [1.165, 1.54) is 0 Å². The molecule has 128 valence electrons. The third kappa shape index (κ3) is 5.30. The number of nitrogens with one attached hydrogen (secondary N) is 1. The van der Waals surface area contributed by atoms with Crippen LogP contribution < -0.4 is 5.32 Å². The summed E-state index contributed by atoms with van der Waals surface area (Å²) in [6.07, 6.45) is 0.796. The van der Waals surface area contributed by atoms with Crippen molar-refractivity contribution in [1.82, 2.24) is 10.2 Å². The number of rotatable bonds is 4. The first-order valence-corrected chi connectivity index (χ1v) is 7.08. The summed E-state index contributed by atoms with van der Waals surface area (Å²) >= 11 is 0. The van der Waals surface area contributed by atoms with Gasteiger partial charge < -0.3 is 5.32 Å². The minimum Gasteiger partial charge on any atom is -0.314 e. The topological polar surface area (TPSA) is 15.3 Å². The summed E-state index contributed by atoms with van der Waals surface area (Å²) in [5, 5.41) is 3.26. The van der Waals surface area contributed by atoms with Gasteiger partial charge >= 0.3 is 0 Å². The monoisotopic (exact) mass is 358 g/mol. The zero-order chi connectivity index (χ0) is 14.7. The minimum absolute atomic E-state index is 0. The molecule has 22 heavy (non-hydrogen) atoms. The lowest BCUT2D eigenvalue weighted by Gasteiger charge is -2.36. The number of halogens is 5. The van der Waals surface area contributed by atoms with Crippen LogP contribution in [0.3, 0.4) is 0 Å². The van der Waals surface area contributed by atoms with E-state index in [1.54, 1.807) is 0 Å². The Bertz CT molecular complexity index is 443. The Balaban J connectivity index is 0.00000220. The van der Waals surface area contributed by atoms with Crippen LogP contribution in [0.15, 0.2) is 12.1 Å². The molecule has 1 aliphatic rings. The summed E-state index contributed by atoms with van der Waals surface area (Å²) in [5.41, 5.74) is 0.525. The summed E-state index contributed by atoms with van der Waals surface area (Å²) in [7, 11) is 0. The second kappa shape index (κ2) is 9.60. The van der Waals surface area contributed by atoms with E-state index in [4.69, 9.17) is 0 Å². The van der Waals surface area contributed by atoms with Crippen LogP contribution in [0.5, 0.6) is 0 Å². The van der Waals surface area contributed by atoms with E-state index in [0.717, 1.165) is 44.7 Å². The number of benzene rings is 1. The molecule has 0 spiro atoms. The molecule has 2 nitrogen and oxygen atoms in total. The number of piperazine rings is 1. The van der Waals surface area contributed by atoms with Crippen LogP contribution in [0.2, 0.25) is 0 Å². The van der Waals surface area contributed by atoms with Gasteiger partial charge in [-0.3, -0.25) is 4.90 Å². The SMILES string of the molecule is CC(C)C[C@@H](c1cc(F)c(F)c(F)c1)N1CCNCC1.Cl.Cl. The summed E-state index contributed by atoms with van der Waals surface area (Å²) < 4.78 is 40.0. The predicted octanol–water partition coefficient (Wildman–Crippen LogP) is 3.94. The summed E-state index contributed by atoms with van der Waals surface area (Å²) in [4.78, 5) is 2.21. The van der Waals surface area contributed by atoms with Crippen LogP contribution in [-0.2, 0) is 0 Å². The van der Waals surface area contributed by atoms with Gasteiger partial charge in [-0.1, -0.05) is 13.8 Å². The van der Waals surface area contributed by atoms with Crippen LogP contribution in [-0.4, -0.2) is 31.1 Å². The molecule has 0 aliphatic carbocycles. The van der Waals surface area contributed by atoms with Gasteiger partial charge in [-0.25, -0.2) is 13.2 Å². The molecule has 0 bridgehead atoms. The summed E-state index contributed by atoms with van der Waals surface area (Å²) in [6.45, 7) is 7.54. The van der Waals surface area contributed by atoms with Gasteiger partial charge in [0.25, 0.3) is 0 Å². The molecule has 0 radical (unpaired) electrons. The van der Waals surface area contributed by atoms with Crippen molar-refractivity contribution >= 4 is 24.8 Å². The van der Waals surface area contributed by atoms with Crippen LogP contribution in [0.1, 0.15) is 31.9 Å². The number of hydrogen-bond acceptors (Lipinski definition) is 2. The van der Waals surface area contributed by atoms with Crippen molar-refractivity contribution in [2.45, 2.75) is 26.3 Å². The van der Waals surface area contributed by atoms with E-state index in [-0.39, 0.29) is 30.9 Å². The van der Waals surface area contributed by atoms with E-state index in [9.17, 15) is 13.2 Å². The van der Waals surface area contributed by atoms with E-state index in [1.807, 2.05) is 0 Å². The Morgan fingerprint density at radius 2 is 1.55 bits per heavy atom. The van der Waals surface area contributed by atoms with Crippen LogP contribution in [0, 0.1) is 23.4 Å². The number of hydrogen-bond donors (Lipinski definition) is 1. The maximum absolute atomic E-state index is 13.5. The lowest BCUT2D eigenvalue weighted by molar-refractivity contribution is 0.153. The Morgan fingerprint density at radius 1 is 1.05 bits per heavy atom. The fourth-order valence-electron chi connectivity index (χ4n) is 2.70. The van der Waals surface area contributed by atoms with E-state index < -0.39 is 17.5 Å². The van der Waals surface area contributed by atoms with Crippen molar-refractivity contribution in [2.75, 3.05) is 26.2 Å². The molecule has 2 rings (SSSR count). The maximum atomic E-state index is 13.5. The zero-order valence-corrected chi connectivity index (χ0v) is 14.4. The van der Waals surface area contributed by atoms with Crippen molar-refractivity contribution in [1.29, 1.82) is 0 Å². The van der Waals surface area contributed by atoms with Crippen molar-refractivity contribution in [2.24, 2.45) is 5.92 Å². The maximum Gasteiger partial charge on any atom is 0.194 e. The minimum atomic E-state index is -1.39. The molecule has 7 heteroatoms. The molecule has 0 unspecified atom stereocenters. The average molecular weight is 359 g/mol. The van der Waals surface area contributed by atoms with Crippen molar-refractivity contribution in [3.63, 3.8) is 0 Å². The van der Waals surface area contributed by atoms with Crippen LogP contribution in [0.4, 0.5) is 13.2 Å². The van der Waals surface area contributed by atoms with Crippen molar-refractivity contribution < 1.29 is 13.2 Å². The van der Waals surface area contributed by atoms with Gasteiger partial charge in [0.1, 0.15) is 0 Å². The second-order valence-electron chi connectivity index (χ2n) is 5.73. The Labute approximate surface area is 142 Å². The predicted molar refractivity (Wildman–Crippen MR) is 87.5 cm³/mol. The molecule has 1 aromatic rings. The third-order valence-electron chi connectivity index (χ3n) is 3.68. The smallest absolute Gasteiger partial charge is 0.194 e. The average Bonchev–Trinajstić information content (AvgIpc) is 2.42. The largest absolute Gasteiger partial charge is 0.314 e. The van der Waals surface area contributed by atoms with Crippen LogP contribution >= 0.6 is 24.8 Å². The lowest BCUT2D eigenvalue weighted by atomic mass is 9.94.